The minimum absolute atomic E-state index is 0.0124. The number of hydrogen-bond donors (Lipinski definition) is 4. The normalized spacial score (nSPS) is 18.7. The van der Waals surface area contributed by atoms with E-state index in [1.165, 1.54) is 0 Å². The van der Waals surface area contributed by atoms with Crippen molar-refractivity contribution in [3.63, 3.8) is 0 Å². The van der Waals surface area contributed by atoms with Gasteiger partial charge in [0.2, 0.25) is 11.8 Å². The lowest BCUT2D eigenvalue weighted by Gasteiger charge is -2.36. The first-order valence-electron chi connectivity index (χ1n) is 13.7. The summed E-state index contributed by atoms with van der Waals surface area (Å²) in [5, 5.41) is 20.8. The summed E-state index contributed by atoms with van der Waals surface area (Å²) in [5.74, 6) is -0.672. The van der Waals surface area contributed by atoms with Gasteiger partial charge in [0.15, 0.2) is 6.29 Å². The Hall–Kier alpha value is -4.09. The Morgan fingerprint density at radius 2 is 1.61 bits per heavy atom. The van der Waals surface area contributed by atoms with Crippen LogP contribution in [0.3, 0.4) is 0 Å². The van der Waals surface area contributed by atoms with Gasteiger partial charge in [-0.2, -0.15) is 0 Å². The van der Waals surface area contributed by atoms with Crippen molar-refractivity contribution in [2.24, 2.45) is 0 Å². The van der Waals surface area contributed by atoms with Gasteiger partial charge in [0.1, 0.15) is 0 Å². The quantitative estimate of drug-likeness (QED) is 0.161. The highest BCUT2D eigenvalue weighted by atomic mass is 16.7. The molecular formula is C31H34N4O6. The molecule has 1 aromatic heterocycles. The van der Waals surface area contributed by atoms with Crippen LogP contribution in [0.4, 0.5) is 0 Å². The van der Waals surface area contributed by atoms with E-state index in [0.717, 1.165) is 33.3 Å². The highest BCUT2D eigenvalue weighted by molar-refractivity contribution is 5.78. The van der Waals surface area contributed by atoms with Crippen LogP contribution in [0.15, 0.2) is 79.1 Å². The number of amides is 2. The fourth-order valence-corrected chi connectivity index (χ4v) is 4.96. The topological polar surface area (TPSA) is 135 Å². The number of hydrogen-bond acceptors (Lipinski definition) is 7. The zero-order valence-corrected chi connectivity index (χ0v) is 22.6. The smallest absolute Gasteiger partial charge is 0.243 e. The number of nitrogens with one attached hydrogen (secondary N) is 2. The van der Waals surface area contributed by atoms with E-state index in [2.05, 4.69) is 14.9 Å². The second-order valence-electron chi connectivity index (χ2n) is 10.1. The summed E-state index contributed by atoms with van der Waals surface area (Å²) in [5.41, 5.74) is 7.20. The molecule has 1 aliphatic heterocycles. The molecule has 5 rings (SSSR count). The van der Waals surface area contributed by atoms with Crippen LogP contribution in [0, 0.1) is 0 Å². The summed E-state index contributed by atoms with van der Waals surface area (Å²) in [7, 11) is 0. The predicted molar refractivity (Wildman–Crippen MR) is 150 cm³/mol. The van der Waals surface area contributed by atoms with Crippen LogP contribution >= 0.6 is 0 Å². The van der Waals surface area contributed by atoms with Crippen LogP contribution in [-0.4, -0.2) is 37.8 Å². The van der Waals surface area contributed by atoms with Gasteiger partial charge >= 0.3 is 0 Å². The lowest BCUT2D eigenvalue weighted by molar-refractivity contribution is -0.252. The van der Waals surface area contributed by atoms with Gasteiger partial charge in [0.05, 0.1) is 42.7 Å². The molecule has 10 nitrogen and oxygen atoms in total. The Bertz CT molecular complexity index is 1450. The van der Waals surface area contributed by atoms with E-state index in [9.17, 15) is 14.7 Å². The Kier molecular flexibility index (Phi) is 9.37. The van der Waals surface area contributed by atoms with Crippen LogP contribution in [0.25, 0.3) is 11.0 Å². The molecule has 2 amide bonds. The highest BCUT2D eigenvalue weighted by Crippen LogP contribution is 2.38. The van der Waals surface area contributed by atoms with E-state index in [1.54, 1.807) is 5.48 Å². The number of aromatic nitrogens is 2. The molecule has 0 spiro atoms. The lowest BCUT2D eigenvalue weighted by Crippen LogP contribution is -2.32. The number of para-hydroxylation sites is 2. The summed E-state index contributed by atoms with van der Waals surface area (Å²) in [6.45, 7) is 0.963. The third kappa shape index (κ3) is 7.36. The molecule has 3 unspecified atom stereocenters. The summed E-state index contributed by atoms with van der Waals surface area (Å²) in [6, 6.07) is 23.6. The van der Waals surface area contributed by atoms with Gasteiger partial charge in [-0.25, -0.2) is 10.5 Å². The van der Waals surface area contributed by atoms with Crippen molar-refractivity contribution in [2.45, 2.75) is 63.9 Å². The summed E-state index contributed by atoms with van der Waals surface area (Å²) < 4.78 is 15.0. The number of aliphatic hydroxyl groups is 1. The monoisotopic (exact) mass is 558 g/mol. The first kappa shape index (κ1) is 28.4. The zero-order valence-electron chi connectivity index (χ0n) is 22.6. The third-order valence-electron chi connectivity index (χ3n) is 7.22. The third-order valence-corrected chi connectivity index (χ3v) is 7.22. The highest BCUT2D eigenvalue weighted by Gasteiger charge is 2.32. The zero-order chi connectivity index (χ0) is 28.6. The molecule has 10 heteroatoms. The van der Waals surface area contributed by atoms with Crippen LogP contribution in [0.2, 0.25) is 0 Å². The average Bonchev–Trinajstić information content (AvgIpc) is 3.42. The Morgan fingerprint density at radius 1 is 0.902 bits per heavy atom. The molecule has 0 bridgehead atoms. The van der Waals surface area contributed by atoms with Gasteiger partial charge in [0.25, 0.3) is 0 Å². The summed E-state index contributed by atoms with van der Waals surface area (Å²) in [6.07, 6.45) is 2.21. The van der Waals surface area contributed by atoms with Crippen LogP contribution in [-0.2, 0) is 38.8 Å². The number of imidazole rings is 1. The Balaban J connectivity index is 1.26. The fraction of sp³-hybridized carbons (Fsp3) is 0.323. The van der Waals surface area contributed by atoms with Crippen molar-refractivity contribution in [1.29, 1.82) is 0 Å². The van der Waals surface area contributed by atoms with E-state index in [1.807, 2.05) is 79.1 Å². The van der Waals surface area contributed by atoms with E-state index in [-0.39, 0.29) is 37.6 Å². The van der Waals surface area contributed by atoms with Gasteiger partial charge in [-0.05, 0) is 35.2 Å². The van der Waals surface area contributed by atoms with Gasteiger partial charge in [0, 0.05) is 31.4 Å². The number of ether oxygens (including phenoxy) is 2. The largest absolute Gasteiger partial charge is 0.392 e. The maximum absolute atomic E-state index is 12.1. The van der Waals surface area contributed by atoms with Crippen LogP contribution in [0.5, 0.6) is 0 Å². The van der Waals surface area contributed by atoms with E-state index < -0.39 is 12.2 Å². The van der Waals surface area contributed by atoms with Crippen molar-refractivity contribution in [3.8, 4) is 0 Å². The van der Waals surface area contributed by atoms with E-state index in [4.69, 9.17) is 14.7 Å². The van der Waals surface area contributed by atoms with Gasteiger partial charge in [-0.3, -0.25) is 14.8 Å². The van der Waals surface area contributed by atoms with Crippen molar-refractivity contribution >= 4 is 22.8 Å². The van der Waals surface area contributed by atoms with Gasteiger partial charge in [-0.15, -0.1) is 0 Å². The van der Waals surface area contributed by atoms with Gasteiger partial charge in [-0.1, -0.05) is 60.7 Å². The molecule has 1 saturated heterocycles. The van der Waals surface area contributed by atoms with Crippen molar-refractivity contribution in [1.82, 2.24) is 20.3 Å². The molecule has 3 aromatic carbocycles. The molecule has 41 heavy (non-hydrogen) atoms. The van der Waals surface area contributed by atoms with Crippen molar-refractivity contribution < 1.29 is 29.4 Å². The number of rotatable bonds is 11. The molecule has 1 fully saturated rings. The second-order valence-corrected chi connectivity index (χ2v) is 10.1. The van der Waals surface area contributed by atoms with E-state index >= 15 is 0 Å². The number of benzene rings is 3. The number of nitrogens with zero attached hydrogens (tertiary/aromatic N) is 2. The standard InChI is InChI=1S/C31H34N4O6/c36-19-22-10-12-23(13-11-22)28-16-25(18-35-20-33-26-4-1-2-5-27(26)35)40-31(41-28)24-14-8-21(9-15-24)17-32-29(37)6-3-7-30(38)34-39/h1-2,4-5,8-15,20,25,28,31,36,39H,3,6-7,16-19H2,(H,32,37)(H,34,38). The maximum atomic E-state index is 12.1. The number of hydroxylamine groups is 1. The summed E-state index contributed by atoms with van der Waals surface area (Å²) >= 11 is 0. The fourth-order valence-electron chi connectivity index (χ4n) is 4.96. The van der Waals surface area contributed by atoms with E-state index in [0.29, 0.717) is 25.9 Å². The second kappa shape index (κ2) is 13.5. The van der Waals surface area contributed by atoms with Crippen LogP contribution < -0.4 is 10.8 Å². The molecular weight excluding hydrogens is 524 g/mol. The summed E-state index contributed by atoms with van der Waals surface area (Å²) in [4.78, 5) is 27.7. The number of carbonyl (C=O) groups excluding carboxylic acids is 2. The molecule has 3 atom stereocenters. The minimum Gasteiger partial charge on any atom is -0.392 e. The molecule has 1 aliphatic rings. The Labute approximate surface area is 237 Å². The molecule has 4 N–H and O–H groups in total. The lowest BCUT2D eigenvalue weighted by atomic mass is 9.99. The Morgan fingerprint density at radius 3 is 2.37 bits per heavy atom. The first-order valence-corrected chi connectivity index (χ1v) is 13.7. The SMILES string of the molecule is O=C(CCCC(=O)NCc1ccc(C2OC(Cn3cnc4ccccc43)CC(c3ccc(CO)cc3)O2)cc1)NO. The maximum Gasteiger partial charge on any atom is 0.243 e. The van der Waals surface area contributed by atoms with Crippen molar-refractivity contribution in [2.75, 3.05) is 0 Å². The molecule has 0 saturated carbocycles. The molecule has 2 heterocycles. The predicted octanol–water partition coefficient (Wildman–Crippen LogP) is 4.07. The first-order chi connectivity index (χ1) is 20.0. The van der Waals surface area contributed by atoms with Crippen molar-refractivity contribution in [3.05, 3.63) is 101 Å². The number of carbonyl (C=O) groups is 2. The number of fused-ring (bicyclic) bond motifs is 1. The van der Waals surface area contributed by atoms with Crippen LogP contribution in [0.1, 0.15) is 60.3 Å². The average molecular weight is 559 g/mol. The molecule has 4 aromatic rings. The molecule has 0 aliphatic carbocycles. The molecule has 214 valence electrons. The minimum atomic E-state index is -0.590. The van der Waals surface area contributed by atoms with Gasteiger partial charge < -0.3 is 24.5 Å². The number of aliphatic hydroxyl groups excluding tert-OH is 1. The molecule has 0 radical (unpaired) electrons.